The van der Waals surface area contributed by atoms with E-state index in [1.165, 1.54) is 34.6 Å². The van der Waals surface area contributed by atoms with E-state index in [1.54, 1.807) is 0 Å². The Morgan fingerprint density at radius 1 is 1.38 bits per heavy atom. The van der Waals surface area contributed by atoms with Crippen LogP contribution in [0, 0.1) is 11.8 Å². The summed E-state index contributed by atoms with van der Waals surface area (Å²) in [6.45, 7) is 8.41. The average Bonchev–Trinajstić information content (AvgIpc) is 2.65. The van der Waals surface area contributed by atoms with E-state index in [-0.39, 0.29) is 0 Å². The highest BCUT2D eigenvalue weighted by Crippen LogP contribution is 2.27. The normalized spacial score (nSPS) is 19.5. The lowest BCUT2D eigenvalue weighted by molar-refractivity contribution is 0.153. The third-order valence-corrected chi connectivity index (χ3v) is 5.19. The predicted octanol–water partition coefficient (Wildman–Crippen LogP) is 4.38. The van der Waals surface area contributed by atoms with Crippen LogP contribution in [-0.4, -0.2) is 18.0 Å². The third-order valence-electron chi connectivity index (χ3n) is 3.58. The zero-order chi connectivity index (χ0) is 11.5. The maximum Gasteiger partial charge on any atom is 0.0701 e. The second-order valence-corrected chi connectivity index (χ2v) is 7.61. The first-order valence-electron chi connectivity index (χ1n) is 6.11. The molecule has 0 radical (unpaired) electrons. The molecule has 0 atom stereocenters. The van der Waals surface area contributed by atoms with E-state index in [4.69, 9.17) is 0 Å². The molecule has 0 amide bonds. The highest BCUT2D eigenvalue weighted by Gasteiger charge is 2.21. The van der Waals surface area contributed by atoms with Crippen molar-refractivity contribution in [3.8, 4) is 0 Å². The molecule has 0 spiro atoms. The van der Waals surface area contributed by atoms with Crippen molar-refractivity contribution in [2.24, 2.45) is 11.8 Å². The average molecular weight is 302 g/mol. The first-order valence-corrected chi connectivity index (χ1v) is 7.72. The summed E-state index contributed by atoms with van der Waals surface area (Å²) < 4.78 is 1.25. The summed E-state index contributed by atoms with van der Waals surface area (Å²) in [5.41, 5.74) is 0. The van der Waals surface area contributed by atoms with Crippen molar-refractivity contribution in [3.63, 3.8) is 0 Å². The summed E-state index contributed by atoms with van der Waals surface area (Å²) in [5, 5.41) is 0. The Morgan fingerprint density at radius 2 is 2.06 bits per heavy atom. The van der Waals surface area contributed by atoms with Crippen molar-refractivity contribution < 1.29 is 0 Å². The molecule has 1 aliphatic heterocycles. The molecule has 16 heavy (non-hydrogen) atoms. The fourth-order valence-corrected chi connectivity index (χ4v) is 3.96. The molecule has 1 nitrogen and oxygen atoms in total. The van der Waals surface area contributed by atoms with Crippen LogP contribution in [-0.2, 0) is 6.54 Å². The molecule has 1 aromatic rings. The Kier molecular flexibility index (Phi) is 4.45. The Balaban J connectivity index is 1.81. The van der Waals surface area contributed by atoms with Crippen LogP contribution in [0.1, 0.15) is 31.6 Å². The number of halogens is 1. The van der Waals surface area contributed by atoms with Crippen LogP contribution in [0.15, 0.2) is 15.9 Å². The lowest BCUT2D eigenvalue weighted by Crippen LogP contribution is -2.34. The largest absolute Gasteiger partial charge is 0.298 e. The molecule has 1 saturated heterocycles. The number of hydrogen-bond donors (Lipinski definition) is 0. The van der Waals surface area contributed by atoms with Crippen molar-refractivity contribution in [2.75, 3.05) is 13.1 Å². The van der Waals surface area contributed by atoms with Crippen LogP contribution in [0.5, 0.6) is 0 Å². The topological polar surface area (TPSA) is 3.24 Å². The van der Waals surface area contributed by atoms with Crippen LogP contribution in [0.2, 0.25) is 0 Å². The molecule has 0 aliphatic carbocycles. The van der Waals surface area contributed by atoms with Crippen LogP contribution in [0.3, 0.4) is 0 Å². The standard InChI is InChI=1S/C13H20BrNS/c1-10(2)11-5-7-15(8-6-11)9-12-3-4-13(14)16-12/h3-4,10-11H,5-9H2,1-2H3. The summed E-state index contributed by atoms with van der Waals surface area (Å²) in [6, 6.07) is 4.39. The number of hydrogen-bond acceptors (Lipinski definition) is 2. The lowest BCUT2D eigenvalue weighted by Gasteiger charge is -2.33. The van der Waals surface area contributed by atoms with Gasteiger partial charge in [0.25, 0.3) is 0 Å². The van der Waals surface area contributed by atoms with Gasteiger partial charge < -0.3 is 0 Å². The van der Waals surface area contributed by atoms with Gasteiger partial charge in [-0.1, -0.05) is 13.8 Å². The summed E-state index contributed by atoms with van der Waals surface area (Å²) >= 11 is 5.39. The van der Waals surface area contributed by atoms with E-state index < -0.39 is 0 Å². The molecule has 0 unspecified atom stereocenters. The molecule has 2 rings (SSSR count). The molecule has 2 heterocycles. The minimum Gasteiger partial charge on any atom is -0.298 e. The fraction of sp³-hybridized carbons (Fsp3) is 0.692. The number of piperidine rings is 1. The Morgan fingerprint density at radius 3 is 2.56 bits per heavy atom. The van der Waals surface area contributed by atoms with E-state index in [2.05, 4.69) is 46.8 Å². The molecule has 90 valence electrons. The second kappa shape index (κ2) is 5.65. The molecule has 3 heteroatoms. The van der Waals surface area contributed by atoms with E-state index >= 15 is 0 Å². The van der Waals surface area contributed by atoms with Crippen LogP contribution >= 0.6 is 27.3 Å². The number of likely N-dealkylation sites (tertiary alicyclic amines) is 1. The summed E-state index contributed by atoms with van der Waals surface area (Å²) in [6.07, 6.45) is 2.76. The van der Waals surface area contributed by atoms with Gasteiger partial charge >= 0.3 is 0 Å². The number of nitrogens with zero attached hydrogens (tertiary/aromatic N) is 1. The molecular weight excluding hydrogens is 282 g/mol. The maximum absolute atomic E-state index is 3.53. The van der Waals surface area contributed by atoms with Gasteiger partial charge in [-0.25, -0.2) is 0 Å². The number of rotatable bonds is 3. The van der Waals surface area contributed by atoms with Gasteiger partial charge in [0.05, 0.1) is 3.79 Å². The minimum absolute atomic E-state index is 0.859. The summed E-state index contributed by atoms with van der Waals surface area (Å²) in [5.74, 6) is 1.81. The summed E-state index contributed by atoms with van der Waals surface area (Å²) in [7, 11) is 0. The van der Waals surface area contributed by atoms with Crippen molar-refractivity contribution >= 4 is 27.3 Å². The van der Waals surface area contributed by atoms with Crippen LogP contribution < -0.4 is 0 Å². The molecule has 0 saturated carbocycles. The molecular formula is C13H20BrNS. The van der Waals surface area contributed by atoms with Gasteiger partial charge in [0, 0.05) is 11.4 Å². The number of thiophene rings is 1. The zero-order valence-corrected chi connectivity index (χ0v) is 12.5. The van der Waals surface area contributed by atoms with Crippen molar-refractivity contribution in [1.29, 1.82) is 0 Å². The Labute approximate surface area is 111 Å². The minimum atomic E-state index is 0.859. The van der Waals surface area contributed by atoms with Gasteiger partial charge in [0.1, 0.15) is 0 Å². The Hall–Kier alpha value is 0.140. The van der Waals surface area contributed by atoms with Gasteiger partial charge in [0.15, 0.2) is 0 Å². The summed E-state index contributed by atoms with van der Waals surface area (Å²) in [4.78, 5) is 4.08. The van der Waals surface area contributed by atoms with Gasteiger partial charge in [-0.2, -0.15) is 0 Å². The van der Waals surface area contributed by atoms with E-state index in [9.17, 15) is 0 Å². The van der Waals surface area contributed by atoms with Crippen molar-refractivity contribution in [3.05, 3.63) is 20.8 Å². The van der Waals surface area contributed by atoms with Gasteiger partial charge in [-0.15, -0.1) is 11.3 Å². The molecule has 0 aromatic carbocycles. The fourth-order valence-electron chi connectivity index (χ4n) is 2.43. The maximum atomic E-state index is 3.53. The highest BCUT2D eigenvalue weighted by atomic mass is 79.9. The molecule has 1 aliphatic rings. The lowest BCUT2D eigenvalue weighted by atomic mass is 9.87. The van der Waals surface area contributed by atoms with Crippen LogP contribution in [0.4, 0.5) is 0 Å². The monoisotopic (exact) mass is 301 g/mol. The zero-order valence-electron chi connectivity index (χ0n) is 10.1. The quantitative estimate of drug-likeness (QED) is 0.801. The Bertz CT molecular complexity index is 326. The van der Waals surface area contributed by atoms with Crippen molar-refractivity contribution in [1.82, 2.24) is 4.90 Å². The van der Waals surface area contributed by atoms with E-state index in [0.717, 1.165) is 18.4 Å². The highest BCUT2D eigenvalue weighted by molar-refractivity contribution is 9.11. The first-order chi connectivity index (χ1) is 7.65. The van der Waals surface area contributed by atoms with Gasteiger partial charge in [-0.3, -0.25) is 4.90 Å². The molecule has 1 aromatic heterocycles. The smallest absolute Gasteiger partial charge is 0.0701 e. The second-order valence-electron chi connectivity index (χ2n) is 5.06. The van der Waals surface area contributed by atoms with Gasteiger partial charge in [-0.05, 0) is 65.8 Å². The van der Waals surface area contributed by atoms with E-state index in [0.29, 0.717) is 0 Å². The third kappa shape index (κ3) is 3.31. The molecule has 0 bridgehead atoms. The van der Waals surface area contributed by atoms with Crippen molar-refractivity contribution in [2.45, 2.75) is 33.2 Å². The van der Waals surface area contributed by atoms with E-state index in [1.807, 2.05) is 11.3 Å². The predicted molar refractivity (Wildman–Crippen MR) is 74.9 cm³/mol. The first kappa shape index (κ1) is 12.6. The molecule has 0 N–H and O–H groups in total. The SMILES string of the molecule is CC(C)C1CCN(Cc2ccc(Br)s2)CC1. The van der Waals surface area contributed by atoms with Crippen LogP contribution in [0.25, 0.3) is 0 Å². The molecule has 1 fully saturated rings. The van der Waals surface area contributed by atoms with Gasteiger partial charge in [0.2, 0.25) is 0 Å².